The third kappa shape index (κ3) is 4.74. The number of anilines is 3. The van der Waals surface area contributed by atoms with Crippen molar-refractivity contribution in [2.75, 3.05) is 47.8 Å². The predicted octanol–water partition coefficient (Wildman–Crippen LogP) is 2.85. The van der Waals surface area contributed by atoms with Crippen LogP contribution >= 0.6 is 0 Å². The summed E-state index contributed by atoms with van der Waals surface area (Å²) in [5, 5.41) is 2.92. The third-order valence-corrected chi connectivity index (χ3v) is 8.28. The number of carbonyl (C=O) groups is 2. The van der Waals surface area contributed by atoms with Gasteiger partial charge in [0, 0.05) is 49.7 Å². The first-order valence-corrected chi connectivity index (χ1v) is 12.9. The molecule has 2 aliphatic rings. The SMILES string of the molecule is CCN(CC)S(=O)(=O)c1ccc2c(c1)CCN2CC(=O)Nc1cccc(N2CCCC2=O)c1. The van der Waals surface area contributed by atoms with Gasteiger partial charge in [0.1, 0.15) is 0 Å². The van der Waals surface area contributed by atoms with Gasteiger partial charge in [-0.15, -0.1) is 0 Å². The minimum atomic E-state index is -3.51. The molecule has 0 aliphatic carbocycles. The molecular weight excluding hydrogens is 440 g/mol. The van der Waals surface area contributed by atoms with E-state index in [1.807, 2.05) is 43.0 Å². The van der Waals surface area contributed by atoms with Gasteiger partial charge in [0.15, 0.2) is 0 Å². The van der Waals surface area contributed by atoms with Gasteiger partial charge in [0.05, 0.1) is 11.4 Å². The molecule has 4 rings (SSSR count). The monoisotopic (exact) mass is 470 g/mol. The van der Waals surface area contributed by atoms with Crippen molar-refractivity contribution in [2.45, 2.75) is 38.0 Å². The lowest BCUT2D eigenvalue weighted by Crippen LogP contribution is -2.32. The fourth-order valence-corrected chi connectivity index (χ4v) is 6.04. The average molecular weight is 471 g/mol. The molecule has 0 unspecified atom stereocenters. The van der Waals surface area contributed by atoms with Crippen molar-refractivity contribution < 1.29 is 18.0 Å². The van der Waals surface area contributed by atoms with Crippen molar-refractivity contribution >= 4 is 38.9 Å². The molecular formula is C24H30N4O4S. The summed E-state index contributed by atoms with van der Waals surface area (Å²) in [5.41, 5.74) is 3.27. The molecule has 1 fully saturated rings. The summed E-state index contributed by atoms with van der Waals surface area (Å²) in [6.07, 6.45) is 2.10. The Hall–Kier alpha value is -2.91. The fraction of sp³-hybridized carbons (Fsp3) is 0.417. The maximum atomic E-state index is 12.8. The zero-order valence-corrected chi connectivity index (χ0v) is 19.9. The van der Waals surface area contributed by atoms with Crippen LogP contribution in [-0.2, 0) is 26.0 Å². The quantitative estimate of drug-likeness (QED) is 0.641. The molecule has 0 radical (unpaired) electrons. The van der Waals surface area contributed by atoms with Crippen LogP contribution in [0.25, 0.3) is 0 Å². The van der Waals surface area contributed by atoms with Gasteiger partial charge in [0.25, 0.3) is 0 Å². The largest absolute Gasteiger partial charge is 0.362 e. The van der Waals surface area contributed by atoms with Gasteiger partial charge in [0.2, 0.25) is 21.8 Å². The summed E-state index contributed by atoms with van der Waals surface area (Å²) in [5.74, 6) is -0.0536. The fourth-order valence-electron chi connectivity index (χ4n) is 4.53. The lowest BCUT2D eigenvalue weighted by Gasteiger charge is -2.21. The van der Waals surface area contributed by atoms with E-state index in [2.05, 4.69) is 5.32 Å². The second-order valence-electron chi connectivity index (χ2n) is 8.30. The molecule has 0 atom stereocenters. The first-order chi connectivity index (χ1) is 15.8. The van der Waals surface area contributed by atoms with E-state index in [9.17, 15) is 18.0 Å². The Labute approximate surface area is 195 Å². The lowest BCUT2D eigenvalue weighted by atomic mass is 10.2. The second-order valence-corrected chi connectivity index (χ2v) is 10.2. The van der Waals surface area contributed by atoms with Crippen LogP contribution in [0.15, 0.2) is 47.4 Å². The van der Waals surface area contributed by atoms with Crippen molar-refractivity contribution in [2.24, 2.45) is 0 Å². The zero-order valence-electron chi connectivity index (χ0n) is 19.1. The first kappa shape index (κ1) is 23.3. The molecule has 1 N–H and O–H groups in total. The topological polar surface area (TPSA) is 90.0 Å². The molecule has 2 amide bonds. The Morgan fingerprint density at radius 1 is 1.06 bits per heavy atom. The van der Waals surface area contributed by atoms with E-state index in [1.165, 1.54) is 4.31 Å². The van der Waals surface area contributed by atoms with Crippen LogP contribution in [0.2, 0.25) is 0 Å². The van der Waals surface area contributed by atoms with E-state index < -0.39 is 10.0 Å². The number of fused-ring (bicyclic) bond motifs is 1. The third-order valence-electron chi connectivity index (χ3n) is 6.24. The number of hydrogen-bond acceptors (Lipinski definition) is 5. The Morgan fingerprint density at radius 3 is 2.55 bits per heavy atom. The van der Waals surface area contributed by atoms with E-state index in [-0.39, 0.29) is 18.4 Å². The molecule has 0 aromatic heterocycles. The molecule has 0 spiro atoms. The average Bonchev–Trinajstić information content (AvgIpc) is 3.40. The number of hydrogen-bond donors (Lipinski definition) is 1. The molecule has 2 aromatic carbocycles. The number of nitrogens with zero attached hydrogens (tertiary/aromatic N) is 3. The summed E-state index contributed by atoms with van der Waals surface area (Å²) >= 11 is 0. The van der Waals surface area contributed by atoms with Crippen LogP contribution < -0.4 is 15.1 Å². The maximum Gasteiger partial charge on any atom is 0.243 e. The summed E-state index contributed by atoms with van der Waals surface area (Å²) in [6.45, 7) is 6.03. The van der Waals surface area contributed by atoms with Crippen LogP contribution in [0.4, 0.5) is 17.1 Å². The highest BCUT2D eigenvalue weighted by molar-refractivity contribution is 7.89. The van der Waals surface area contributed by atoms with Gasteiger partial charge in [-0.25, -0.2) is 8.42 Å². The van der Waals surface area contributed by atoms with Crippen molar-refractivity contribution in [3.63, 3.8) is 0 Å². The molecule has 2 aliphatic heterocycles. The van der Waals surface area contributed by atoms with Crippen molar-refractivity contribution in [1.29, 1.82) is 0 Å². The molecule has 176 valence electrons. The Kier molecular flexibility index (Phi) is 6.71. The Balaban J connectivity index is 1.44. The van der Waals surface area contributed by atoms with E-state index in [0.29, 0.717) is 49.6 Å². The summed E-state index contributed by atoms with van der Waals surface area (Å²) in [4.78, 5) is 28.7. The van der Waals surface area contributed by atoms with Crippen LogP contribution in [0.5, 0.6) is 0 Å². The number of rotatable bonds is 8. The standard InChI is InChI=1S/C24H30N4O4S/c1-3-27(4-2)33(31,32)21-10-11-22-18(15-21)12-14-26(22)17-23(29)25-19-7-5-8-20(16-19)28-13-6-9-24(28)30/h5,7-8,10-11,15-16H,3-4,6,9,12-14,17H2,1-2H3,(H,25,29). The number of sulfonamides is 1. The number of benzene rings is 2. The predicted molar refractivity (Wildman–Crippen MR) is 129 cm³/mol. The summed E-state index contributed by atoms with van der Waals surface area (Å²) in [6, 6.07) is 12.5. The van der Waals surface area contributed by atoms with Gasteiger partial charge in [-0.1, -0.05) is 19.9 Å². The van der Waals surface area contributed by atoms with Gasteiger partial charge in [-0.2, -0.15) is 4.31 Å². The van der Waals surface area contributed by atoms with E-state index >= 15 is 0 Å². The van der Waals surface area contributed by atoms with E-state index in [1.54, 1.807) is 23.1 Å². The van der Waals surface area contributed by atoms with Crippen molar-refractivity contribution in [3.05, 3.63) is 48.0 Å². The Bertz CT molecular complexity index is 1160. The molecule has 0 bridgehead atoms. The number of amides is 2. The maximum absolute atomic E-state index is 12.8. The molecule has 2 heterocycles. The summed E-state index contributed by atoms with van der Waals surface area (Å²) < 4.78 is 27.1. The summed E-state index contributed by atoms with van der Waals surface area (Å²) in [7, 11) is -3.51. The number of nitrogens with one attached hydrogen (secondary N) is 1. The molecule has 33 heavy (non-hydrogen) atoms. The van der Waals surface area contributed by atoms with E-state index in [4.69, 9.17) is 0 Å². The van der Waals surface area contributed by atoms with Crippen LogP contribution in [0.1, 0.15) is 32.3 Å². The van der Waals surface area contributed by atoms with Crippen LogP contribution in [0, 0.1) is 0 Å². The molecule has 9 heteroatoms. The molecule has 8 nitrogen and oxygen atoms in total. The Morgan fingerprint density at radius 2 is 1.85 bits per heavy atom. The molecule has 0 saturated carbocycles. The lowest BCUT2D eigenvalue weighted by molar-refractivity contribution is -0.117. The highest BCUT2D eigenvalue weighted by Crippen LogP contribution is 2.31. The highest BCUT2D eigenvalue weighted by atomic mass is 32.2. The van der Waals surface area contributed by atoms with Crippen molar-refractivity contribution in [3.8, 4) is 0 Å². The second kappa shape index (κ2) is 9.52. The van der Waals surface area contributed by atoms with Crippen LogP contribution in [-0.4, -0.2) is 57.3 Å². The normalized spacial score (nSPS) is 15.9. The molecule has 1 saturated heterocycles. The van der Waals surface area contributed by atoms with Gasteiger partial charge >= 0.3 is 0 Å². The number of carbonyl (C=O) groups excluding carboxylic acids is 2. The minimum Gasteiger partial charge on any atom is -0.362 e. The van der Waals surface area contributed by atoms with Crippen molar-refractivity contribution in [1.82, 2.24) is 4.31 Å². The first-order valence-electron chi connectivity index (χ1n) is 11.4. The molecule has 2 aromatic rings. The highest BCUT2D eigenvalue weighted by Gasteiger charge is 2.27. The zero-order chi connectivity index (χ0) is 23.6. The van der Waals surface area contributed by atoms with E-state index in [0.717, 1.165) is 23.4 Å². The van der Waals surface area contributed by atoms with Crippen LogP contribution in [0.3, 0.4) is 0 Å². The van der Waals surface area contributed by atoms with Gasteiger partial charge in [-0.05, 0) is 54.8 Å². The minimum absolute atomic E-state index is 0.106. The smallest absolute Gasteiger partial charge is 0.243 e. The van der Waals surface area contributed by atoms with Gasteiger partial charge in [-0.3, -0.25) is 9.59 Å². The van der Waals surface area contributed by atoms with Gasteiger partial charge < -0.3 is 15.1 Å².